The van der Waals surface area contributed by atoms with Crippen LogP contribution in [-0.4, -0.2) is 31.3 Å². The van der Waals surface area contributed by atoms with E-state index in [0.717, 1.165) is 10.0 Å². The second-order valence-corrected chi connectivity index (χ2v) is 6.60. The molecule has 2 rings (SSSR count). The number of amides is 2. The maximum absolute atomic E-state index is 12.5. The van der Waals surface area contributed by atoms with Gasteiger partial charge in [0.05, 0.1) is 24.3 Å². The summed E-state index contributed by atoms with van der Waals surface area (Å²) in [6.45, 7) is 6.01. The summed E-state index contributed by atoms with van der Waals surface area (Å²) in [6, 6.07) is 6.53. The van der Waals surface area contributed by atoms with Crippen LogP contribution in [0.25, 0.3) is 0 Å². The van der Waals surface area contributed by atoms with E-state index in [4.69, 9.17) is 9.47 Å². The van der Waals surface area contributed by atoms with Crippen LogP contribution in [0, 0.1) is 0 Å². The molecule has 1 aliphatic rings. The van der Waals surface area contributed by atoms with Crippen LogP contribution >= 0.6 is 15.9 Å². The molecule has 0 fully saturated rings. The van der Waals surface area contributed by atoms with Crippen molar-refractivity contribution in [1.29, 1.82) is 0 Å². The molecule has 1 heterocycles. The average molecular weight is 397 g/mol. The predicted octanol–water partition coefficient (Wildman–Crippen LogP) is 3.05. The second-order valence-electron chi connectivity index (χ2n) is 5.68. The number of benzene rings is 1. The van der Waals surface area contributed by atoms with Crippen LogP contribution < -0.4 is 10.6 Å². The minimum atomic E-state index is -0.560. The van der Waals surface area contributed by atoms with Gasteiger partial charge in [-0.2, -0.15) is 0 Å². The van der Waals surface area contributed by atoms with E-state index in [1.54, 1.807) is 6.92 Å². The van der Waals surface area contributed by atoms with Crippen molar-refractivity contribution in [3.8, 4) is 0 Å². The molecule has 7 heteroatoms. The van der Waals surface area contributed by atoms with Crippen LogP contribution in [0.5, 0.6) is 0 Å². The zero-order chi connectivity index (χ0) is 17.7. The topological polar surface area (TPSA) is 76.7 Å². The predicted molar refractivity (Wildman–Crippen MR) is 93.3 cm³/mol. The Hall–Kier alpha value is -1.86. The lowest BCUT2D eigenvalue weighted by atomic mass is 9.96. The zero-order valence-electron chi connectivity index (χ0n) is 13.9. The number of nitrogens with one attached hydrogen (secondary N) is 2. The molecule has 2 N–H and O–H groups in total. The zero-order valence-corrected chi connectivity index (χ0v) is 15.5. The van der Waals surface area contributed by atoms with E-state index in [9.17, 15) is 9.59 Å². The van der Waals surface area contributed by atoms with Crippen molar-refractivity contribution in [3.63, 3.8) is 0 Å². The van der Waals surface area contributed by atoms with Crippen LogP contribution in [0.15, 0.2) is 40.0 Å². The standard InChI is InChI=1S/C17H21BrN2O4/c1-10(2)23-7-8-24-16(21)14-11(3)19-17(22)20-15(14)12-5-4-6-13(18)9-12/h4-6,9-10,15H,7-8H2,1-3H3,(H2,19,20,22)/t15-/m1/s1. The number of allylic oxidation sites excluding steroid dienone is 1. The van der Waals surface area contributed by atoms with E-state index in [2.05, 4.69) is 26.6 Å². The van der Waals surface area contributed by atoms with Gasteiger partial charge in [0.15, 0.2) is 0 Å². The Bertz CT molecular complexity index is 658. The highest BCUT2D eigenvalue weighted by molar-refractivity contribution is 9.10. The number of esters is 1. The third-order valence-electron chi connectivity index (χ3n) is 3.44. The van der Waals surface area contributed by atoms with Gasteiger partial charge in [-0.3, -0.25) is 0 Å². The van der Waals surface area contributed by atoms with Crippen molar-refractivity contribution < 1.29 is 19.1 Å². The first-order valence-corrected chi connectivity index (χ1v) is 8.50. The first kappa shape index (κ1) is 18.5. The molecule has 0 saturated heterocycles. The smallest absolute Gasteiger partial charge is 0.338 e. The Morgan fingerprint density at radius 2 is 2.08 bits per heavy atom. The van der Waals surface area contributed by atoms with Crippen LogP contribution in [0.3, 0.4) is 0 Å². The van der Waals surface area contributed by atoms with Gasteiger partial charge in [0, 0.05) is 10.2 Å². The first-order valence-electron chi connectivity index (χ1n) is 7.71. The second kappa shape index (κ2) is 8.30. The van der Waals surface area contributed by atoms with Crippen molar-refractivity contribution in [2.45, 2.75) is 32.9 Å². The largest absolute Gasteiger partial charge is 0.460 e. The van der Waals surface area contributed by atoms with Gasteiger partial charge in [0.25, 0.3) is 0 Å². The van der Waals surface area contributed by atoms with Gasteiger partial charge in [-0.05, 0) is 38.5 Å². The Balaban J connectivity index is 2.17. The Morgan fingerprint density at radius 1 is 1.33 bits per heavy atom. The van der Waals surface area contributed by atoms with E-state index in [-0.39, 0.29) is 18.7 Å². The highest BCUT2D eigenvalue weighted by atomic mass is 79.9. The summed E-state index contributed by atoms with van der Waals surface area (Å²) in [6.07, 6.45) is 0.0784. The minimum absolute atomic E-state index is 0.0784. The van der Waals surface area contributed by atoms with Crippen molar-refractivity contribution in [2.75, 3.05) is 13.2 Å². The summed E-state index contributed by atoms with van der Waals surface area (Å²) < 4.78 is 11.5. The minimum Gasteiger partial charge on any atom is -0.460 e. The third kappa shape index (κ3) is 4.82. The van der Waals surface area contributed by atoms with Crippen molar-refractivity contribution >= 4 is 27.9 Å². The molecule has 1 aliphatic heterocycles. The number of urea groups is 1. The van der Waals surface area contributed by atoms with Crippen LogP contribution in [0.4, 0.5) is 4.79 Å². The first-order chi connectivity index (χ1) is 11.4. The summed E-state index contributed by atoms with van der Waals surface area (Å²) >= 11 is 3.40. The van der Waals surface area contributed by atoms with Gasteiger partial charge >= 0.3 is 12.0 Å². The fraction of sp³-hybridized carbons (Fsp3) is 0.412. The van der Waals surface area contributed by atoms with E-state index >= 15 is 0 Å². The monoisotopic (exact) mass is 396 g/mol. The number of rotatable bonds is 6. The van der Waals surface area contributed by atoms with Gasteiger partial charge in [-0.25, -0.2) is 9.59 Å². The number of hydrogen-bond donors (Lipinski definition) is 2. The lowest BCUT2D eigenvalue weighted by molar-refractivity contribution is -0.141. The van der Waals surface area contributed by atoms with E-state index in [1.807, 2.05) is 38.1 Å². The van der Waals surface area contributed by atoms with Crippen LogP contribution in [-0.2, 0) is 14.3 Å². The molecule has 6 nitrogen and oxygen atoms in total. The molecule has 0 bridgehead atoms. The molecule has 1 aromatic rings. The number of carbonyl (C=O) groups is 2. The molecule has 0 saturated carbocycles. The van der Waals surface area contributed by atoms with Crippen molar-refractivity contribution in [2.24, 2.45) is 0 Å². The Kier molecular flexibility index (Phi) is 6.39. The number of carbonyl (C=O) groups excluding carboxylic acids is 2. The van der Waals surface area contributed by atoms with Gasteiger partial charge in [-0.1, -0.05) is 28.1 Å². The summed E-state index contributed by atoms with van der Waals surface area (Å²) in [5.74, 6) is -0.475. The van der Waals surface area contributed by atoms with Crippen LogP contribution in [0.2, 0.25) is 0 Å². The number of halogens is 1. The fourth-order valence-electron chi connectivity index (χ4n) is 2.40. The molecule has 1 atom stereocenters. The van der Waals surface area contributed by atoms with E-state index in [1.165, 1.54) is 0 Å². The van der Waals surface area contributed by atoms with E-state index < -0.39 is 12.0 Å². The van der Waals surface area contributed by atoms with Crippen molar-refractivity contribution in [1.82, 2.24) is 10.6 Å². The maximum atomic E-state index is 12.5. The van der Waals surface area contributed by atoms with Gasteiger partial charge in [0.1, 0.15) is 6.61 Å². The fourth-order valence-corrected chi connectivity index (χ4v) is 2.81. The quantitative estimate of drug-likeness (QED) is 0.572. The Morgan fingerprint density at radius 3 is 2.75 bits per heavy atom. The molecule has 0 aromatic heterocycles. The number of hydrogen-bond acceptors (Lipinski definition) is 4. The summed E-state index contributed by atoms with van der Waals surface area (Å²) in [5.41, 5.74) is 1.67. The highest BCUT2D eigenvalue weighted by Gasteiger charge is 2.32. The van der Waals surface area contributed by atoms with Gasteiger partial charge in [-0.15, -0.1) is 0 Å². The van der Waals surface area contributed by atoms with Crippen molar-refractivity contribution in [3.05, 3.63) is 45.6 Å². The van der Waals surface area contributed by atoms with Gasteiger partial charge < -0.3 is 20.1 Å². The third-order valence-corrected chi connectivity index (χ3v) is 3.93. The molecule has 2 amide bonds. The lowest BCUT2D eigenvalue weighted by Gasteiger charge is -2.28. The molecule has 0 unspecified atom stereocenters. The number of ether oxygens (including phenoxy) is 2. The Labute approximate surface area is 149 Å². The van der Waals surface area contributed by atoms with Crippen LogP contribution in [0.1, 0.15) is 32.4 Å². The van der Waals surface area contributed by atoms with Gasteiger partial charge in [0.2, 0.25) is 0 Å². The summed E-state index contributed by atoms with van der Waals surface area (Å²) in [4.78, 5) is 24.3. The maximum Gasteiger partial charge on any atom is 0.338 e. The molecular weight excluding hydrogens is 376 g/mol. The lowest BCUT2D eigenvalue weighted by Crippen LogP contribution is -2.45. The average Bonchev–Trinajstić information content (AvgIpc) is 2.50. The SMILES string of the molecule is CC1=C(C(=O)OCCOC(C)C)[C@@H](c2cccc(Br)c2)NC(=O)N1. The highest BCUT2D eigenvalue weighted by Crippen LogP contribution is 2.29. The summed E-state index contributed by atoms with van der Waals surface area (Å²) in [5, 5.41) is 5.39. The molecule has 1 aromatic carbocycles. The molecule has 130 valence electrons. The molecule has 0 radical (unpaired) electrons. The van der Waals surface area contributed by atoms with E-state index in [0.29, 0.717) is 17.9 Å². The molecular formula is C17H21BrN2O4. The summed E-state index contributed by atoms with van der Waals surface area (Å²) in [7, 11) is 0. The molecule has 0 aliphatic carbocycles. The molecule has 0 spiro atoms. The normalized spacial score (nSPS) is 17.5. The molecule has 24 heavy (non-hydrogen) atoms.